The van der Waals surface area contributed by atoms with Gasteiger partial charge in [0.15, 0.2) is 4.67 Å². The number of methoxy groups -OCH3 is 1. The van der Waals surface area contributed by atoms with E-state index in [2.05, 4.69) is 20.7 Å². The van der Waals surface area contributed by atoms with Crippen molar-refractivity contribution in [1.29, 1.82) is 0 Å². The Morgan fingerprint density at radius 1 is 1.53 bits per heavy atom. The van der Waals surface area contributed by atoms with Gasteiger partial charge in [-0.05, 0) is 39.8 Å². The Hall–Kier alpha value is -1.54. The van der Waals surface area contributed by atoms with Gasteiger partial charge in [-0.15, -0.1) is 0 Å². The molecular formula is C11H8BrNO5S. The second kappa shape index (κ2) is 5.62. The molecule has 1 aliphatic heterocycles. The Labute approximate surface area is 120 Å². The molecule has 0 spiro atoms. The highest BCUT2D eigenvalue weighted by Crippen LogP contribution is 2.32. The molecule has 1 fully saturated rings. The second-order valence-electron chi connectivity index (χ2n) is 3.49. The monoisotopic (exact) mass is 345 g/mol. The van der Waals surface area contributed by atoms with Gasteiger partial charge in [0.05, 0.1) is 12.0 Å². The van der Waals surface area contributed by atoms with Gasteiger partial charge in [0.1, 0.15) is 12.3 Å². The van der Waals surface area contributed by atoms with E-state index in [-0.39, 0.29) is 11.4 Å². The Morgan fingerprint density at radius 2 is 2.26 bits per heavy atom. The largest absolute Gasteiger partial charge is 0.468 e. The van der Waals surface area contributed by atoms with Crippen molar-refractivity contribution in [3.63, 3.8) is 0 Å². The molecule has 0 saturated carbocycles. The molecule has 0 aliphatic carbocycles. The van der Waals surface area contributed by atoms with Crippen molar-refractivity contribution in [3.05, 3.63) is 27.5 Å². The summed E-state index contributed by atoms with van der Waals surface area (Å²) in [5.74, 6) is -0.743. The van der Waals surface area contributed by atoms with E-state index in [9.17, 15) is 14.4 Å². The predicted octanol–water partition coefficient (Wildman–Crippen LogP) is 2.25. The van der Waals surface area contributed by atoms with Crippen LogP contribution in [0.5, 0.6) is 0 Å². The topological polar surface area (TPSA) is 76.8 Å². The van der Waals surface area contributed by atoms with Crippen LogP contribution in [0.3, 0.4) is 0 Å². The van der Waals surface area contributed by atoms with Crippen molar-refractivity contribution in [2.24, 2.45) is 0 Å². The fourth-order valence-electron chi connectivity index (χ4n) is 1.37. The zero-order chi connectivity index (χ0) is 14.0. The minimum absolute atomic E-state index is 0.204. The maximum Gasteiger partial charge on any atom is 0.325 e. The van der Waals surface area contributed by atoms with Gasteiger partial charge in [-0.1, -0.05) is 0 Å². The number of esters is 1. The zero-order valence-electron chi connectivity index (χ0n) is 9.71. The summed E-state index contributed by atoms with van der Waals surface area (Å²) >= 11 is 3.89. The molecule has 0 N–H and O–H groups in total. The van der Waals surface area contributed by atoms with Gasteiger partial charge in [-0.3, -0.25) is 19.3 Å². The molecule has 6 nitrogen and oxygen atoms in total. The van der Waals surface area contributed by atoms with Crippen LogP contribution in [0, 0.1) is 0 Å². The summed E-state index contributed by atoms with van der Waals surface area (Å²) < 4.78 is 10.2. The van der Waals surface area contributed by atoms with Crippen LogP contribution < -0.4 is 0 Å². The summed E-state index contributed by atoms with van der Waals surface area (Å²) in [5, 5.41) is -0.507. The first-order valence-electron chi connectivity index (χ1n) is 5.09. The molecule has 1 aromatic rings. The van der Waals surface area contributed by atoms with Crippen molar-refractivity contribution in [2.75, 3.05) is 13.7 Å². The van der Waals surface area contributed by atoms with Crippen molar-refractivity contribution in [3.8, 4) is 0 Å². The molecule has 1 aromatic heterocycles. The molecule has 0 aromatic carbocycles. The number of carbonyl (C=O) groups is 3. The molecule has 100 valence electrons. The Bertz CT molecular complexity index is 579. The van der Waals surface area contributed by atoms with E-state index in [1.807, 2.05) is 0 Å². The van der Waals surface area contributed by atoms with Crippen LogP contribution in [0.4, 0.5) is 4.79 Å². The summed E-state index contributed by atoms with van der Waals surface area (Å²) in [5.41, 5.74) is 0. The lowest BCUT2D eigenvalue weighted by molar-refractivity contribution is -0.143. The molecule has 1 aliphatic rings. The predicted molar refractivity (Wildman–Crippen MR) is 71.1 cm³/mol. The van der Waals surface area contributed by atoms with Crippen LogP contribution in [-0.2, 0) is 14.3 Å². The number of carbonyl (C=O) groups excluding carboxylic acids is 3. The number of imide groups is 1. The lowest BCUT2D eigenvalue weighted by atomic mass is 10.3. The van der Waals surface area contributed by atoms with Gasteiger partial charge < -0.3 is 9.15 Å². The number of rotatable bonds is 3. The number of hydrogen-bond donors (Lipinski definition) is 0. The maximum absolute atomic E-state index is 11.9. The third-order valence-electron chi connectivity index (χ3n) is 2.26. The summed E-state index contributed by atoms with van der Waals surface area (Å²) in [6.45, 7) is -0.389. The van der Waals surface area contributed by atoms with Crippen LogP contribution in [0.25, 0.3) is 6.08 Å². The fourth-order valence-corrected chi connectivity index (χ4v) is 2.50. The van der Waals surface area contributed by atoms with E-state index >= 15 is 0 Å². The first-order chi connectivity index (χ1) is 9.01. The van der Waals surface area contributed by atoms with Crippen LogP contribution in [-0.4, -0.2) is 35.7 Å². The highest BCUT2D eigenvalue weighted by Gasteiger charge is 2.36. The molecule has 0 unspecified atom stereocenters. The lowest BCUT2D eigenvalue weighted by Crippen LogP contribution is -2.34. The van der Waals surface area contributed by atoms with Crippen LogP contribution in [0.15, 0.2) is 26.1 Å². The first kappa shape index (κ1) is 13.9. The molecule has 8 heteroatoms. The molecule has 0 radical (unpaired) electrons. The average Bonchev–Trinajstić information content (AvgIpc) is 2.88. The molecule has 2 heterocycles. The van der Waals surface area contributed by atoms with Gasteiger partial charge in [0, 0.05) is 6.08 Å². The van der Waals surface area contributed by atoms with E-state index < -0.39 is 17.1 Å². The number of nitrogens with zero attached hydrogens (tertiary/aromatic N) is 1. The molecule has 2 rings (SSSR count). The zero-order valence-corrected chi connectivity index (χ0v) is 12.1. The van der Waals surface area contributed by atoms with Crippen molar-refractivity contribution in [1.82, 2.24) is 4.90 Å². The first-order valence-corrected chi connectivity index (χ1v) is 6.69. The summed E-state index contributed by atoms with van der Waals surface area (Å²) in [6.07, 6.45) is 1.45. The Morgan fingerprint density at radius 3 is 2.84 bits per heavy atom. The maximum atomic E-state index is 11.9. The number of ether oxygens (including phenoxy) is 1. The standard InChI is InChI=1S/C11H8BrNO5S/c1-17-9(14)5-13-10(15)7(19-11(13)16)4-6-2-3-8(12)18-6/h2-4H,5H2,1H3/b7-4-. The highest BCUT2D eigenvalue weighted by molar-refractivity contribution is 9.10. The summed E-state index contributed by atoms with van der Waals surface area (Å²) in [7, 11) is 1.19. The molecule has 2 amide bonds. The van der Waals surface area contributed by atoms with Crippen LogP contribution in [0.2, 0.25) is 0 Å². The van der Waals surface area contributed by atoms with E-state index in [0.717, 1.165) is 16.7 Å². The SMILES string of the molecule is COC(=O)CN1C(=O)S/C(=C\c2ccc(Br)o2)C1=O. The number of furan rings is 1. The number of halogens is 1. The fraction of sp³-hybridized carbons (Fsp3) is 0.182. The number of thioether (sulfide) groups is 1. The molecule has 19 heavy (non-hydrogen) atoms. The normalized spacial score (nSPS) is 17.4. The minimum Gasteiger partial charge on any atom is -0.468 e. The molecule has 0 bridgehead atoms. The average molecular weight is 346 g/mol. The van der Waals surface area contributed by atoms with Crippen molar-refractivity contribution >= 4 is 50.9 Å². The molecule has 1 saturated heterocycles. The van der Waals surface area contributed by atoms with Gasteiger partial charge in [0.2, 0.25) is 0 Å². The van der Waals surface area contributed by atoms with E-state index in [4.69, 9.17) is 4.42 Å². The van der Waals surface area contributed by atoms with Crippen molar-refractivity contribution < 1.29 is 23.5 Å². The highest BCUT2D eigenvalue weighted by atomic mass is 79.9. The third-order valence-corrected chi connectivity index (χ3v) is 3.59. The second-order valence-corrected chi connectivity index (χ2v) is 5.26. The van der Waals surface area contributed by atoms with E-state index in [1.165, 1.54) is 13.2 Å². The number of amides is 2. The van der Waals surface area contributed by atoms with E-state index in [0.29, 0.717) is 10.4 Å². The quantitative estimate of drug-likeness (QED) is 0.617. The minimum atomic E-state index is -0.649. The lowest BCUT2D eigenvalue weighted by Gasteiger charge is -2.09. The summed E-state index contributed by atoms with van der Waals surface area (Å²) in [4.78, 5) is 35.7. The Balaban J connectivity index is 2.18. The van der Waals surface area contributed by atoms with Gasteiger partial charge in [-0.25, -0.2) is 0 Å². The Kier molecular flexibility index (Phi) is 4.11. The number of hydrogen-bond acceptors (Lipinski definition) is 6. The van der Waals surface area contributed by atoms with E-state index in [1.54, 1.807) is 12.1 Å². The molecular weight excluding hydrogens is 338 g/mol. The van der Waals surface area contributed by atoms with Gasteiger partial charge in [0.25, 0.3) is 11.1 Å². The van der Waals surface area contributed by atoms with Gasteiger partial charge in [-0.2, -0.15) is 0 Å². The van der Waals surface area contributed by atoms with Crippen molar-refractivity contribution in [2.45, 2.75) is 0 Å². The third kappa shape index (κ3) is 3.07. The van der Waals surface area contributed by atoms with Crippen LogP contribution >= 0.6 is 27.7 Å². The van der Waals surface area contributed by atoms with Crippen LogP contribution in [0.1, 0.15) is 5.76 Å². The van der Waals surface area contributed by atoms with Gasteiger partial charge >= 0.3 is 5.97 Å². The summed E-state index contributed by atoms with van der Waals surface area (Å²) in [6, 6.07) is 3.32. The molecule has 0 atom stereocenters. The smallest absolute Gasteiger partial charge is 0.325 e.